The third kappa shape index (κ3) is 3.21. The van der Waals surface area contributed by atoms with Crippen LogP contribution in [-0.2, 0) is 6.42 Å². The molecule has 2 aromatic heterocycles. The summed E-state index contributed by atoms with van der Waals surface area (Å²) in [6.45, 7) is 0.816. The Bertz CT molecular complexity index is 881. The zero-order chi connectivity index (χ0) is 17.9. The summed E-state index contributed by atoms with van der Waals surface area (Å²) in [6.07, 6.45) is 5.11. The Hall–Kier alpha value is -3.06. The predicted octanol–water partition coefficient (Wildman–Crippen LogP) is 1.34. The van der Waals surface area contributed by atoms with Crippen LogP contribution in [0.4, 0.5) is 0 Å². The first-order valence-corrected chi connectivity index (χ1v) is 8.55. The third-order valence-corrected chi connectivity index (χ3v) is 4.71. The molecule has 1 N–H and O–H groups in total. The number of hydrogen-bond acceptors (Lipinski definition) is 5. The lowest BCUT2D eigenvalue weighted by molar-refractivity contribution is 0.0755. The van der Waals surface area contributed by atoms with Gasteiger partial charge in [0.2, 0.25) is 0 Å². The topological polar surface area (TPSA) is 84.1 Å². The van der Waals surface area contributed by atoms with E-state index in [4.69, 9.17) is 0 Å². The lowest BCUT2D eigenvalue weighted by atomic mass is 9.97. The number of para-hydroxylation sites is 1. The number of nitrogens with zero attached hydrogens (tertiary/aromatic N) is 5. The Balaban J connectivity index is 1.51. The van der Waals surface area contributed by atoms with Crippen molar-refractivity contribution in [3.8, 4) is 5.69 Å². The Labute approximate surface area is 150 Å². The van der Waals surface area contributed by atoms with Crippen molar-refractivity contribution in [2.24, 2.45) is 5.92 Å². The number of β-amino-alcohol motifs (C(OH)–C–C–N with tert-alkyl or cyclic N) is 1. The van der Waals surface area contributed by atoms with Crippen molar-refractivity contribution in [3.05, 3.63) is 72.3 Å². The number of likely N-dealkylation sites (tertiary alicyclic amines) is 1. The number of aliphatic hydroxyl groups excluding tert-OH is 1. The molecule has 0 spiro atoms. The molecule has 1 amide bonds. The summed E-state index contributed by atoms with van der Waals surface area (Å²) in [5.41, 5.74) is 2.28. The Morgan fingerprint density at radius 2 is 1.88 bits per heavy atom. The minimum atomic E-state index is -0.548. The number of hydrogen-bond donors (Lipinski definition) is 1. The molecule has 1 aromatic carbocycles. The Morgan fingerprint density at radius 1 is 1.12 bits per heavy atom. The van der Waals surface area contributed by atoms with Crippen LogP contribution in [0.25, 0.3) is 5.69 Å². The molecule has 1 aliphatic heterocycles. The number of carbonyl (C=O) groups excluding carboxylic acids is 1. The zero-order valence-electron chi connectivity index (χ0n) is 14.1. The van der Waals surface area contributed by atoms with Gasteiger partial charge in [0.1, 0.15) is 0 Å². The van der Waals surface area contributed by atoms with E-state index in [0.29, 0.717) is 25.2 Å². The van der Waals surface area contributed by atoms with Crippen molar-refractivity contribution >= 4 is 5.91 Å². The van der Waals surface area contributed by atoms with Crippen LogP contribution in [0.3, 0.4) is 0 Å². The van der Waals surface area contributed by atoms with Crippen LogP contribution in [0.5, 0.6) is 0 Å². The molecular weight excluding hydrogens is 330 g/mol. The van der Waals surface area contributed by atoms with Gasteiger partial charge in [-0.25, -0.2) is 4.68 Å². The smallest absolute Gasteiger partial charge is 0.274 e. The van der Waals surface area contributed by atoms with Crippen molar-refractivity contribution in [3.63, 3.8) is 0 Å². The molecule has 1 saturated heterocycles. The summed E-state index contributed by atoms with van der Waals surface area (Å²) in [6, 6.07) is 13.3. The van der Waals surface area contributed by atoms with Crippen molar-refractivity contribution < 1.29 is 9.90 Å². The Kier molecular flexibility index (Phi) is 4.45. The first-order chi connectivity index (χ1) is 12.7. The van der Waals surface area contributed by atoms with Crippen LogP contribution >= 0.6 is 0 Å². The van der Waals surface area contributed by atoms with Crippen LogP contribution in [0, 0.1) is 5.92 Å². The molecule has 2 atom stereocenters. The van der Waals surface area contributed by atoms with Crippen LogP contribution in [0.2, 0.25) is 0 Å². The van der Waals surface area contributed by atoms with E-state index in [-0.39, 0.29) is 11.8 Å². The maximum absolute atomic E-state index is 12.9. The summed E-state index contributed by atoms with van der Waals surface area (Å²) in [5.74, 6) is -0.169. The molecule has 7 heteroatoms. The van der Waals surface area contributed by atoms with Crippen molar-refractivity contribution in [1.29, 1.82) is 0 Å². The molecule has 0 bridgehead atoms. The van der Waals surface area contributed by atoms with Gasteiger partial charge in [-0.3, -0.25) is 9.78 Å². The second-order valence-corrected chi connectivity index (χ2v) is 6.46. The van der Waals surface area contributed by atoms with Crippen molar-refractivity contribution in [2.45, 2.75) is 12.5 Å². The molecule has 1 fully saturated rings. The summed E-state index contributed by atoms with van der Waals surface area (Å²) < 4.78 is 1.53. The monoisotopic (exact) mass is 349 g/mol. The van der Waals surface area contributed by atoms with E-state index in [1.54, 1.807) is 17.3 Å². The van der Waals surface area contributed by atoms with E-state index < -0.39 is 6.10 Å². The molecule has 3 aromatic rings. The molecule has 1 aliphatic rings. The predicted molar refractivity (Wildman–Crippen MR) is 94.7 cm³/mol. The molecule has 3 heterocycles. The quantitative estimate of drug-likeness (QED) is 0.768. The number of aromatic nitrogens is 4. The highest BCUT2D eigenvalue weighted by Gasteiger charge is 2.35. The number of amides is 1. The summed E-state index contributed by atoms with van der Waals surface area (Å²) >= 11 is 0. The maximum Gasteiger partial charge on any atom is 0.274 e. The highest BCUT2D eigenvalue weighted by molar-refractivity contribution is 5.93. The summed E-state index contributed by atoms with van der Waals surface area (Å²) in [5, 5.41) is 18.3. The van der Waals surface area contributed by atoms with Crippen LogP contribution in [0.1, 0.15) is 16.1 Å². The Morgan fingerprint density at radius 3 is 2.65 bits per heavy atom. The van der Waals surface area contributed by atoms with E-state index in [2.05, 4.69) is 15.3 Å². The SMILES string of the molecule is O=C(c1cnnn1-c1ccccc1)N1C[C@@H](Cc2ccncc2)[C@@H](O)C1. The average Bonchev–Trinajstić information content (AvgIpc) is 3.30. The lowest BCUT2D eigenvalue weighted by Gasteiger charge is -2.16. The van der Waals surface area contributed by atoms with E-state index >= 15 is 0 Å². The van der Waals surface area contributed by atoms with Gasteiger partial charge in [0.15, 0.2) is 5.69 Å². The van der Waals surface area contributed by atoms with E-state index in [0.717, 1.165) is 11.3 Å². The van der Waals surface area contributed by atoms with Crippen LogP contribution in [-0.4, -0.2) is 55.1 Å². The first kappa shape index (κ1) is 16.4. The minimum absolute atomic E-state index is 0.00223. The van der Waals surface area contributed by atoms with Crippen molar-refractivity contribution in [1.82, 2.24) is 24.9 Å². The molecule has 26 heavy (non-hydrogen) atoms. The first-order valence-electron chi connectivity index (χ1n) is 8.55. The zero-order valence-corrected chi connectivity index (χ0v) is 14.1. The molecule has 0 unspecified atom stereocenters. The van der Waals surface area contributed by atoms with Gasteiger partial charge in [-0.1, -0.05) is 23.4 Å². The number of aliphatic hydroxyl groups is 1. The van der Waals surface area contributed by atoms with E-state index in [1.807, 2.05) is 42.5 Å². The second-order valence-electron chi connectivity index (χ2n) is 6.46. The van der Waals surface area contributed by atoms with E-state index in [9.17, 15) is 9.90 Å². The van der Waals surface area contributed by atoms with Gasteiger partial charge in [0.25, 0.3) is 5.91 Å². The van der Waals surface area contributed by atoms with Gasteiger partial charge in [-0.05, 0) is 36.2 Å². The average molecular weight is 349 g/mol. The van der Waals surface area contributed by atoms with Crippen LogP contribution < -0.4 is 0 Å². The highest BCUT2D eigenvalue weighted by Crippen LogP contribution is 2.23. The van der Waals surface area contributed by atoms with Crippen LogP contribution in [0.15, 0.2) is 61.1 Å². The molecule has 132 valence electrons. The maximum atomic E-state index is 12.9. The third-order valence-electron chi connectivity index (χ3n) is 4.71. The van der Waals surface area contributed by atoms with Gasteiger partial charge in [-0.2, -0.15) is 0 Å². The van der Waals surface area contributed by atoms with Gasteiger partial charge < -0.3 is 10.0 Å². The van der Waals surface area contributed by atoms with Gasteiger partial charge in [0, 0.05) is 31.4 Å². The minimum Gasteiger partial charge on any atom is -0.391 e. The molecular formula is C19H19N5O2. The number of pyridine rings is 1. The highest BCUT2D eigenvalue weighted by atomic mass is 16.3. The molecule has 4 rings (SSSR count). The van der Waals surface area contributed by atoms with E-state index in [1.165, 1.54) is 10.9 Å². The molecule has 7 nitrogen and oxygen atoms in total. The number of rotatable bonds is 4. The molecule has 0 radical (unpaired) electrons. The molecule has 0 aliphatic carbocycles. The van der Waals surface area contributed by atoms with Gasteiger partial charge in [0.05, 0.1) is 18.0 Å². The van der Waals surface area contributed by atoms with Gasteiger partial charge >= 0.3 is 0 Å². The standard InChI is InChI=1S/C19H19N5O2/c25-18-13-23(12-15(18)10-14-6-8-20-9-7-14)19(26)17-11-21-22-24(17)16-4-2-1-3-5-16/h1-9,11,15,18,25H,10,12-13H2/t15-,18+/m1/s1. The largest absolute Gasteiger partial charge is 0.391 e. The fourth-order valence-corrected chi connectivity index (χ4v) is 3.34. The van der Waals surface area contributed by atoms with Gasteiger partial charge in [-0.15, -0.1) is 5.10 Å². The normalized spacial score (nSPS) is 19.7. The van der Waals surface area contributed by atoms with Crippen molar-refractivity contribution in [2.75, 3.05) is 13.1 Å². The lowest BCUT2D eigenvalue weighted by Crippen LogP contribution is -2.31. The number of benzene rings is 1. The molecule has 0 saturated carbocycles. The fraction of sp³-hybridized carbons (Fsp3) is 0.263. The summed E-state index contributed by atoms with van der Waals surface area (Å²) in [4.78, 5) is 18.6. The summed E-state index contributed by atoms with van der Waals surface area (Å²) in [7, 11) is 0. The fourth-order valence-electron chi connectivity index (χ4n) is 3.34. The number of carbonyl (C=O) groups is 1. The second kappa shape index (κ2) is 7.05.